The summed E-state index contributed by atoms with van der Waals surface area (Å²) >= 11 is 0. The minimum atomic E-state index is -0.227. The molecule has 0 aromatic rings. The zero-order valence-corrected chi connectivity index (χ0v) is 8.54. The smallest absolute Gasteiger partial charge is 0.249 e. The second kappa shape index (κ2) is 3.64. The van der Waals surface area contributed by atoms with Crippen LogP contribution >= 0.6 is 0 Å². The van der Waals surface area contributed by atoms with Gasteiger partial charge in [0.25, 0.3) is 0 Å². The number of rotatable bonds is 2. The lowest BCUT2D eigenvalue weighted by Crippen LogP contribution is -2.51. The molecule has 1 heterocycles. The van der Waals surface area contributed by atoms with Gasteiger partial charge in [-0.1, -0.05) is 0 Å². The number of ether oxygens (including phenoxy) is 1. The molecular formula is C9H18N2O2. The summed E-state index contributed by atoms with van der Waals surface area (Å²) < 4.78 is 4.81. The molecule has 0 aromatic heterocycles. The first-order valence-corrected chi connectivity index (χ1v) is 4.55. The van der Waals surface area contributed by atoms with Crippen LogP contribution in [0, 0.1) is 0 Å². The summed E-state index contributed by atoms with van der Waals surface area (Å²) in [4.78, 5) is 13.4. The summed E-state index contributed by atoms with van der Waals surface area (Å²) in [6, 6.07) is 0.0771. The molecule has 0 saturated carbocycles. The Hall–Kier alpha value is -0.610. The van der Waals surface area contributed by atoms with Crippen LogP contribution in [0.15, 0.2) is 0 Å². The van der Waals surface area contributed by atoms with E-state index in [1.807, 2.05) is 13.8 Å². The van der Waals surface area contributed by atoms with Gasteiger partial charge in [0.2, 0.25) is 5.91 Å². The number of amides is 1. The number of carbonyl (C=O) groups excluding carboxylic acids is 1. The quantitative estimate of drug-likeness (QED) is 0.659. The van der Waals surface area contributed by atoms with E-state index in [1.54, 1.807) is 4.90 Å². The average Bonchev–Trinajstić information content (AvgIpc) is 2.28. The van der Waals surface area contributed by atoms with Crippen molar-refractivity contribution in [3.05, 3.63) is 0 Å². The molecule has 4 heteroatoms. The fourth-order valence-corrected chi connectivity index (χ4v) is 1.76. The summed E-state index contributed by atoms with van der Waals surface area (Å²) in [7, 11) is 1.53. The molecule has 0 bridgehead atoms. The van der Waals surface area contributed by atoms with Gasteiger partial charge in [0.05, 0.1) is 5.54 Å². The van der Waals surface area contributed by atoms with Gasteiger partial charge in [-0.2, -0.15) is 0 Å². The summed E-state index contributed by atoms with van der Waals surface area (Å²) in [6.07, 6.45) is 0.877. The highest BCUT2D eigenvalue weighted by molar-refractivity contribution is 5.78. The summed E-state index contributed by atoms with van der Waals surface area (Å²) in [5.41, 5.74) is 5.68. The number of carbonyl (C=O) groups is 1. The third kappa shape index (κ3) is 1.84. The van der Waals surface area contributed by atoms with E-state index in [9.17, 15) is 4.79 Å². The monoisotopic (exact) mass is 186 g/mol. The van der Waals surface area contributed by atoms with E-state index >= 15 is 0 Å². The summed E-state index contributed by atoms with van der Waals surface area (Å²) in [5.74, 6) is 0.0282. The van der Waals surface area contributed by atoms with E-state index in [1.165, 1.54) is 7.11 Å². The lowest BCUT2D eigenvalue weighted by Gasteiger charge is -2.34. The van der Waals surface area contributed by atoms with Crippen molar-refractivity contribution in [2.45, 2.75) is 31.8 Å². The third-order valence-corrected chi connectivity index (χ3v) is 2.84. The largest absolute Gasteiger partial charge is 0.375 e. The molecule has 1 fully saturated rings. The molecule has 0 aliphatic carbocycles. The molecule has 1 aliphatic heterocycles. The van der Waals surface area contributed by atoms with Crippen molar-refractivity contribution in [1.82, 2.24) is 4.90 Å². The van der Waals surface area contributed by atoms with E-state index in [4.69, 9.17) is 10.5 Å². The Balaban J connectivity index is 2.66. The minimum Gasteiger partial charge on any atom is -0.375 e. The Morgan fingerprint density at radius 2 is 2.31 bits per heavy atom. The third-order valence-electron chi connectivity index (χ3n) is 2.84. The van der Waals surface area contributed by atoms with Gasteiger partial charge in [-0.25, -0.2) is 0 Å². The van der Waals surface area contributed by atoms with Gasteiger partial charge >= 0.3 is 0 Å². The number of nitrogens with zero attached hydrogens (tertiary/aromatic N) is 1. The minimum absolute atomic E-state index is 0.0282. The Morgan fingerprint density at radius 1 is 1.69 bits per heavy atom. The Bertz CT molecular complexity index is 204. The van der Waals surface area contributed by atoms with Crippen LogP contribution in [0.25, 0.3) is 0 Å². The van der Waals surface area contributed by atoms with Crippen molar-refractivity contribution < 1.29 is 9.53 Å². The molecule has 0 spiro atoms. The maximum Gasteiger partial charge on any atom is 0.249 e. The standard InChI is InChI=1S/C9H18N2O2/c1-9(2)7(10)4-5-11(9)8(12)6-13-3/h7H,4-6,10H2,1-3H3. The van der Waals surface area contributed by atoms with Crippen LogP contribution in [-0.2, 0) is 9.53 Å². The van der Waals surface area contributed by atoms with Crippen LogP contribution in [0.1, 0.15) is 20.3 Å². The average molecular weight is 186 g/mol. The lowest BCUT2D eigenvalue weighted by atomic mass is 9.97. The van der Waals surface area contributed by atoms with Gasteiger partial charge in [-0.3, -0.25) is 4.79 Å². The van der Waals surface area contributed by atoms with Gasteiger partial charge in [0.15, 0.2) is 0 Å². The molecule has 0 aromatic carbocycles. The van der Waals surface area contributed by atoms with Gasteiger partial charge < -0.3 is 15.4 Å². The van der Waals surface area contributed by atoms with E-state index < -0.39 is 0 Å². The van der Waals surface area contributed by atoms with E-state index in [2.05, 4.69) is 0 Å². The molecule has 1 amide bonds. The number of methoxy groups -OCH3 is 1. The topological polar surface area (TPSA) is 55.6 Å². The zero-order valence-electron chi connectivity index (χ0n) is 8.54. The predicted octanol–water partition coefficient (Wildman–Crippen LogP) is -0.0290. The van der Waals surface area contributed by atoms with Crippen molar-refractivity contribution in [1.29, 1.82) is 0 Å². The van der Waals surface area contributed by atoms with Crippen LogP contribution in [0.2, 0.25) is 0 Å². The van der Waals surface area contributed by atoms with Crippen molar-refractivity contribution in [3.63, 3.8) is 0 Å². The van der Waals surface area contributed by atoms with Crippen LogP contribution in [0.5, 0.6) is 0 Å². The van der Waals surface area contributed by atoms with Gasteiger partial charge in [-0.15, -0.1) is 0 Å². The molecule has 1 saturated heterocycles. The van der Waals surface area contributed by atoms with Gasteiger partial charge in [-0.05, 0) is 20.3 Å². The Morgan fingerprint density at radius 3 is 2.69 bits per heavy atom. The highest BCUT2D eigenvalue weighted by atomic mass is 16.5. The second-order valence-corrected chi connectivity index (χ2v) is 4.03. The number of hydrogen-bond donors (Lipinski definition) is 1. The molecule has 1 rings (SSSR count). The van der Waals surface area contributed by atoms with Crippen LogP contribution < -0.4 is 5.73 Å². The normalized spacial score (nSPS) is 26.5. The molecule has 4 nitrogen and oxygen atoms in total. The van der Waals surface area contributed by atoms with Crippen LogP contribution in [0.4, 0.5) is 0 Å². The predicted molar refractivity (Wildman–Crippen MR) is 50.3 cm³/mol. The van der Waals surface area contributed by atoms with Crippen LogP contribution in [0.3, 0.4) is 0 Å². The highest BCUT2D eigenvalue weighted by Crippen LogP contribution is 2.27. The molecular weight excluding hydrogens is 168 g/mol. The van der Waals surface area contributed by atoms with Gasteiger partial charge in [0.1, 0.15) is 6.61 Å². The molecule has 76 valence electrons. The molecule has 13 heavy (non-hydrogen) atoms. The van der Waals surface area contributed by atoms with Gasteiger partial charge in [0, 0.05) is 19.7 Å². The molecule has 1 unspecified atom stereocenters. The first-order valence-electron chi connectivity index (χ1n) is 4.55. The fourth-order valence-electron chi connectivity index (χ4n) is 1.76. The Labute approximate surface area is 79.0 Å². The maximum absolute atomic E-state index is 11.6. The summed E-state index contributed by atoms with van der Waals surface area (Å²) in [6.45, 7) is 4.89. The molecule has 2 N–H and O–H groups in total. The number of likely N-dealkylation sites (tertiary alicyclic amines) is 1. The van der Waals surface area contributed by atoms with Crippen molar-refractivity contribution in [3.8, 4) is 0 Å². The van der Waals surface area contributed by atoms with E-state index in [0.717, 1.165) is 13.0 Å². The fraction of sp³-hybridized carbons (Fsp3) is 0.889. The Kier molecular flexibility index (Phi) is 2.93. The number of nitrogens with two attached hydrogens (primary N) is 1. The SMILES string of the molecule is COCC(=O)N1CCC(N)C1(C)C. The lowest BCUT2D eigenvalue weighted by molar-refractivity contribution is -0.138. The van der Waals surface area contributed by atoms with Crippen molar-refractivity contribution in [2.75, 3.05) is 20.3 Å². The first kappa shape index (κ1) is 10.5. The number of hydrogen-bond acceptors (Lipinski definition) is 3. The maximum atomic E-state index is 11.6. The molecule has 1 atom stereocenters. The first-order chi connectivity index (χ1) is 6.00. The summed E-state index contributed by atoms with van der Waals surface area (Å²) in [5, 5.41) is 0. The van der Waals surface area contributed by atoms with E-state index in [-0.39, 0.29) is 24.1 Å². The molecule has 1 aliphatic rings. The highest BCUT2D eigenvalue weighted by Gasteiger charge is 2.41. The zero-order chi connectivity index (χ0) is 10.1. The van der Waals surface area contributed by atoms with E-state index in [0.29, 0.717) is 0 Å². The second-order valence-electron chi connectivity index (χ2n) is 4.03. The van der Waals surface area contributed by atoms with Crippen molar-refractivity contribution >= 4 is 5.91 Å². The van der Waals surface area contributed by atoms with Crippen LogP contribution in [-0.4, -0.2) is 42.6 Å². The van der Waals surface area contributed by atoms with Crippen molar-refractivity contribution in [2.24, 2.45) is 5.73 Å². The molecule has 0 radical (unpaired) electrons.